The van der Waals surface area contributed by atoms with Gasteiger partial charge in [0.25, 0.3) is 0 Å². The van der Waals surface area contributed by atoms with Gasteiger partial charge in [-0.2, -0.15) is 0 Å². The van der Waals surface area contributed by atoms with Gasteiger partial charge in [-0.15, -0.1) is 0 Å². The van der Waals surface area contributed by atoms with Gasteiger partial charge in [-0.25, -0.2) is 0 Å². The molecule has 2 unspecified atom stereocenters. The molecular weight excluding hydrogens is 412 g/mol. The summed E-state index contributed by atoms with van der Waals surface area (Å²) in [7, 11) is 2.85. The van der Waals surface area contributed by atoms with Crippen LogP contribution in [0.2, 0.25) is 5.02 Å². The lowest BCUT2D eigenvalue weighted by molar-refractivity contribution is -0.129. The number of carbonyl (C=O) groups excluding carboxylic acids is 3. The zero-order chi connectivity index (χ0) is 22.2. The Kier molecular flexibility index (Phi) is 5.99. The van der Waals surface area contributed by atoms with Crippen LogP contribution in [0.5, 0.6) is 17.2 Å². The molecule has 0 bridgehead atoms. The minimum absolute atomic E-state index is 0.0168. The van der Waals surface area contributed by atoms with Gasteiger partial charge >= 0.3 is 0 Å². The molecule has 0 aromatic heterocycles. The maximum Gasteiger partial charge on any atom is 0.239 e. The van der Waals surface area contributed by atoms with Crippen molar-refractivity contribution >= 4 is 29.1 Å². The van der Waals surface area contributed by atoms with Crippen molar-refractivity contribution < 1.29 is 28.6 Å². The first-order valence-corrected chi connectivity index (χ1v) is 10.00. The van der Waals surface area contributed by atoms with E-state index in [-0.39, 0.29) is 46.3 Å². The Labute approximate surface area is 179 Å². The highest BCUT2D eigenvalue weighted by Crippen LogP contribution is 2.52. The lowest BCUT2D eigenvalue weighted by Gasteiger charge is -2.35. The van der Waals surface area contributed by atoms with Crippen molar-refractivity contribution in [3.63, 3.8) is 0 Å². The number of methoxy groups -OCH3 is 2. The van der Waals surface area contributed by atoms with E-state index in [1.54, 1.807) is 6.92 Å². The summed E-state index contributed by atoms with van der Waals surface area (Å²) < 4.78 is 16.5. The smallest absolute Gasteiger partial charge is 0.239 e. The number of ether oxygens (including phenoxy) is 3. The van der Waals surface area contributed by atoms with Gasteiger partial charge in [-0.3, -0.25) is 14.4 Å². The molecule has 1 aromatic carbocycles. The summed E-state index contributed by atoms with van der Waals surface area (Å²) in [6, 6.07) is 1.51. The fourth-order valence-corrected chi connectivity index (χ4v) is 4.08. The number of fused-ring (bicyclic) bond motifs is 1. The molecule has 2 aliphatic rings. The van der Waals surface area contributed by atoms with Crippen LogP contribution in [0.4, 0.5) is 0 Å². The third-order valence-corrected chi connectivity index (χ3v) is 5.59. The van der Waals surface area contributed by atoms with Crippen LogP contribution < -0.4 is 24.8 Å². The van der Waals surface area contributed by atoms with Crippen molar-refractivity contribution in [3.8, 4) is 17.2 Å². The zero-order valence-electron chi connectivity index (χ0n) is 17.6. The molecule has 0 fully saturated rings. The molecule has 1 spiro atoms. The number of ketones is 2. The van der Waals surface area contributed by atoms with Gasteiger partial charge in [-0.1, -0.05) is 18.5 Å². The van der Waals surface area contributed by atoms with Crippen molar-refractivity contribution in [2.75, 3.05) is 20.8 Å². The van der Waals surface area contributed by atoms with Crippen molar-refractivity contribution in [2.24, 2.45) is 5.92 Å². The number of halogens is 1. The average molecular weight is 437 g/mol. The molecule has 9 heteroatoms. The van der Waals surface area contributed by atoms with E-state index < -0.39 is 23.1 Å². The number of rotatable bonds is 6. The van der Waals surface area contributed by atoms with Crippen LogP contribution in [0.15, 0.2) is 17.8 Å². The van der Waals surface area contributed by atoms with Crippen LogP contribution in [-0.2, 0) is 9.59 Å². The Bertz CT molecular complexity index is 942. The predicted molar refractivity (Wildman–Crippen MR) is 110 cm³/mol. The summed E-state index contributed by atoms with van der Waals surface area (Å²) in [5, 5.41) is 5.85. The van der Waals surface area contributed by atoms with E-state index in [1.165, 1.54) is 26.4 Å². The van der Waals surface area contributed by atoms with Crippen LogP contribution in [-0.4, -0.2) is 49.9 Å². The first-order valence-electron chi connectivity index (χ1n) is 9.62. The average Bonchev–Trinajstić information content (AvgIpc) is 3.00. The monoisotopic (exact) mass is 436 g/mol. The molecule has 1 aromatic rings. The van der Waals surface area contributed by atoms with Crippen LogP contribution in [0.3, 0.4) is 0 Å². The largest absolute Gasteiger partial charge is 0.496 e. The topological polar surface area (TPSA) is 103 Å². The van der Waals surface area contributed by atoms with Crippen molar-refractivity contribution in [3.05, 3.63) is 28.4 Å². The molecule has 8 nitrogen and oxygen atoms in total. The van der Waals surface area contributed by atoms with E-state index in [2.05, 4.69) is 10.6 Å². The third kappa shape index (κ3) is 3.49. The normalized spacial score (nSPS) is 22.5. The Balaban J connectivity index is 1.91. The van der Waals surface area contributed by atoms with Crippen molar-refractivity contribution in [1.29, 1.82) is 0 Å². The summed E-state index contributed by atoms with van der Waals surface area (Å²) >= 11 is 6.36. The highest BCUT2D eigenvalue weighted by Gasteiger charge is 2.60. The van der Waals surface area contributed by atoms with Gasteiger partial charge in [-0.05, 0) is 20.3 Å². The molecule has 1 aliphatic heterocycles. The van der Waals surface area contributed by atoms with E-state index in [0.29, 0.717) is 12.1 Å². The van der Waals surface area contributed by atoms with Crippen LogP contribution in [0.1, 0.15) is 37.6 Å². The van der Waals surface area contributed by atoms with Gasteiger partial charge in [0.2, 0.25) is 23.1 Å². The summed E-state index contributed by atoms with van der Waals surface area (Å²) in [6.07, 6.45) is 1.67. The summed E-state index contributed by atoms with van der Waals surface area (Å²) in [6.45, 7) is 5.51. The second-order valence-corrected chi connectivity index (χ2v) is 8.06. The molecule has 0 radical (unpaired) electrons. The second-order valence-electron chi connectivity index (χ2n) is 7.68. The molecule has 162 valence electrons. The number of hydrogen-bond acceptors (Lipinski definition) is 7. The third-order valence-electron chi connectivity index (χ3n) is 5.24. The van der Waals surface area contributed by atoms with Gasteiger partial charge in [0.1, 0.15) is 22.1 Å². The number of carbonyl (C=O) groups is 3. The predicted octanol–water partition coefficient (Wildman–Crippen LogP) is 2.28. The van der Waals surface area contributed by atoms with Gasteiger partial charge in [0, 0.05) is 29.8 Å². The maximum absolute atomic E-state index is 13.4. The Morgan fingerprint density at radius 1 is 1.30 bits per heavy atom. The number of nitrogens with one attached hydrogen (secondary N) is 2. The first kappa shape index (κ1) is 22.0. The minimum Gasteiger partial charge on any atom is -0.496 e. The molecule has 2 atom stereocenters. The molecular formula is C21H25ClN2O6. The molecule has 1 amide bonds. The number of hydrogen-bond donors (Lipinski definition) is 2. The van der Waals surface area contributed by atoms with Gasteiger partial charge in [0.05, 0.1) is 20.8 Å². The lowest BCUT2D eigenvalue weighted by Crippen LogP contribution is -2.55. The summed E-state index contributed by atoms with van der Waals surface area (Å²) in [5.74, 6) is -1.10. The summed E-state index contributed by atoms with van der Waals surface area (Å²) in [5.41, 5.74) is -1.03. The molecule has 3 rings (SSSR count). The number of benzene rings is 1. The quantitative estimate of drug-likeness (QED) is 0.659. The maximum atomic E-state index is 13.4. The Morgan fingerprint density at radius 3 is 2.53 bits per heavy atom. The highest BCUT2D eigenvalue weighted by atomic mass is 35.5. The molecule has 1 aliphatic carbocycles. The number of Topliss-reactive ketones (excluding diaryl/α,β-unsaturated/α-hetero) is 1. The van der Waals surface area contributed by atoms with Crippen LogP contribution in [0.25, 0.3) is 0 Å². The minimum atomic E-state index is -1.73. The van der Waals surface area contributed by atoms with E-state index in [4.69, 9.17) is 25.8 Å². The lowest BCUT2D eigenvalue weighted by atomic mass is 9.74. The number of allylic oxidation sites excluding steroid dienone is 1. The molecule has 0 saturated carbocycles. The van der Waals surface area contributed by atoms with Gasteiger partial charge < -0.3 is 24.8 Å². The van der Waals surface area contributed by atoms with Crippen LogP contribution in [0, 0.1) is 5.92 Å². The standard InChI is InChI=1S/C21H25ClN2O6/c1-10(2)24-16(26)9-23-12-6-11(3)21(15(25)7-12)20(27)17-13(28-4)8-14(29-5)18(22)19(17)30-21/h7-8,10-11,23H,6,9H2,1-5H3,(H,24,26). The molecule has 2 N–H and O–H groups in total. The highest BCUT2D eigenvalue weighted by molar-refractivity contribution is 6.36. The van der Waals surface area contributed by atoms with E-state index in [0.717, 1.165) is 0 Å². The zero-order valence-corrected chi connectivity index (χ0v) is 18.3. The molecule has 30 heavy (non-hydrogen) atoms. The molecule has 1 heterocycles. The van der Waals surface area contributed by atoms with E-state index in [9.17, 15) is 14.4 Å². The Morgan fingerprint density at radius 2 is 1.97 bits per heavy atom. The first-order chi connectivity index (χ1) is 14.1. The fraction of sp³-hybridized carbons (Fsp3) is 0.476. The van der Waals surface area contributed by atoms with Crippen LogP contribution >= 0.6 is 11.6 Å². The van der Waals surface area contributed by atoms with E-state index >= 15 is 0 Å². The SMILES string of the molecule is COc1cc(OC)c2c(c1Cl)OC1(C(=O)C=C(NCC(=O)NC(C)C)CC1C)C2=O. The number of amides is 1. The Hall–Kier alpha value is -2.74. The van der Waals surface area contributed by atoms with Crippen molar-refractivity contribution in [2.45, 2.75) is 38.8 Å². The summed E-state index contributed by atoms with van der Waals surface area (Å²) in [4.78, 5) is 38.4. The fourth-order valence-electron chi connectivity index (χ4n) is 3.82. The van der Waals surface area contributed by atoms with Gasteiger partial charge in [0.15, 0.2) is 5.75 Å². The second kappa shape index (κ2) is 8.18. The van der Waals surface area contributed by atoms with Crippen molar-refractivity contribution in [1.82, 2.24) is 10.6 Å². The molecule has 0 saturated heterocycles. The van der Waals surface area contributed by atoms with E-state index in [1.807, 2.05) is 13.8 Å².